The van der Waals surface area contributed by atoms with Crippen LogP contribution in [0.3, 0.4) is 0 Å². The third-order valence-corrected chi connectivity index (χ3v) is 2.92. The van der Waals surface area contributed by atoms with Crippen molar-refractivity contribution in [2.45, 2.75) is 25.9 Å². The molecular formula is C12H15FN2O. The van der Waals surface area contributed by atoms with Crippen LogP contribution in [0.1, 0.15) is 17.5 Å². The molecule has 2 rings (SSSR count). The minimum Gasteiger partial charge on any atom is -0.337 e. The van der Waals surface area contributed by atoms with E-state index in [9.17, 15) is 9.18 Å². The highest BCUT2D eigenvalue weighted by atomic mass is 19.1. The third-order valence-electron chi connectivity index (χ3n) is 2.92. The van der Waals surface area contributed by atoms with Crippen molar-refractivity contribution in [1.82, 2.24) is 4.90 Å². The van der Waals surface area contributed by atoms with Crippen molar-refractivity contribution >= 4 is 5.91 Å². The zero-order valence-corrected chi connectivity index (χ0v) is 9.24. The molecule has 0 radical (unpaired) electrons. The van der Waals surface area contributed by atoms with Crippen LogP contribution in [0.5, 0.6) is 0 Å². The van der Waals surface area contributed by atoms with Gasteiger partial charge in [-0.2, -0.15) is 0 Å². The molecule has 0 aromatic heterocycles. The number of halogens is 1. The zero-order chi connectivity index (χ0) is 11.7. The SMILES string of the molecule is Cc1ccc(F)cc1CN1CC(N)CC1=O. The summed E-state index contributed by atoms with van der Waals surface area (Å²) in [4.78, 5) is 13.2. The number of hydrogen-bond acceptors (Lipinski definition) is 2. The molecular weight excluding hydrogens is 207 g/mol. The van der Waals surface area contributed by atoms with E-state index in [0.29, 0.717) is 19.5 Å². The first kappa shape index (κ1) is 11.1. The highest BCUT2D eigenvalue weighted by Gasteiger charge is 2.26. The van der Waals surface area contributed by atoms with Gasteiger partial charge in [-0.05, 0) is 30.2 Å². The molecule has 1 aromatic carbocycles. The maximum Gasteiger partial charge on any atom is 0.224 e. The Morgan fingerprint density at radius 2 is 2.31 bits per heavy atom. The Labute approximate surface area is 94.0 Å². The molecule has 3 nitrogen and oxygen atoms in total. The number of likely N-dealkylation sites (tertiary alicyclic amines) is 1. The lowest BCUT2D eigenvalue weighted by atomic mass is 10.1. The molecule has 1 aliphatic rings. The predicted octanol–water partition coefficient (Wildman–Crippen LogP) is 1.19. The molecule has 16 heavy (non-hydrogen) atoms. The number of carbonyl (C=O) groups excluding carboxylic acids is 1. The summed E-state index contributed by atoms with van der Waals surface area (Å²) >= 11 is 0. The van der Waals surface area contributed by atoms with Crippen molar-refractivity contribution < 1.29 is 9.18 Å². The van der Waals surface area contributed by atoms with E-state index in [4.69, 9.17) is 5.73 Å². The Hall–Kier alpha value is -1.42. The molecule has 0 aliphatic carbocycles. The van der Waals surface area contributed by atoms with Gasteiger partial charge in [0.1, 0.15) is 5.82 Å². The summed E-state index contributed by atoms with van der Waals surface area (Å²) in [5.41, 5.74) is 7.55. The van der Waals surface area contributed by atoms with Crippen LogP contribution in [0, 0.1) is 12.7 Å². The lowest BCUT2D eigenvalue weighted by molar-refractivity contribution is -0.128. The van der Waals surface area contributed by atoms with Gasteiger partial charge in [-0.15, -0.1) is 0 Å². The van der Waals surface area contributed by atoms with Crippen LogP contribution in [0.25, 0.3) is 0 Å². The number of rotatable bonds is 2. The van der Waals surface area contributed by atoms with E-state index in [1.807, 2.05) is 6.92 Å². The Bertz CT molecular complexity index is 419. The second-order valence-electron chi connectivity index (χ2n) is 4.31. The van der Waals surface area contributed by atoms with E-state index in [1.165, 1.54) is 12.1 Å². The molecule has 2 N–H and O–H groups in total. The monoisotopic (exact) mass is 222 g/mol. The predicted molar refractivity (Wildman–Crippen MR) is 59.1 cm³/mol. The summed E-state index contributed by atoms with van der Waals surface area (Å²) in [6.45, 7) is 2.93. The molecule has 0 saturated carbocycles. The molecule has 0 bridgehead atoms. The lowest BCUT2D eigenvalue weighted by Gasteiger charge is -2.17. The van der Waals surface area contributed by atoms with Gasteiger partial charge >= 0.3 is 0 Å². The summed E-state index contributed by atoms with van der Waals surface area (Å²) in [5, 5.41) is 0. The van der Waals surface area contributed by atoms with Gasteiger partial charge < -0.3 is 10.6 Å². The molecule has 1 fully saturated rings. The molecule has 86 valence electrons. The van der Waals surface area contributed by atoms with Gasteiger partial charge in [-0.25, -0.2) is 4.39 Å². The van der Waals surface area contributed by atoms with Crippen molar-refractivity contribution in [1.29, 1.82) is 0 Å². The number of aryl methyl sites for hydroxylation is 1. The summed E-state index contributed by atoms with van der Waals surface area (Å²) in [5.74, 6) is -0.215. The van der Waals surface area contributed by atoms with Gasteiger partial charge in [0.15, 0.2) is 0 Å². The second-order valence-corrected chi connectivity index (χ2v) is 4.31. The topological polar surface area (TPSA) is 46.3 Å². The number of carbonyl (C=O) groups is 1. The van der Waals surface area contributed by atoms with E-state index in [1.54, 1.807) is 11.0 Å². The number of benzene rings is 1. The van der Waals surface area contributed by atoms with Crippen molar-refractivity contribution in [3.05, 3.63) is 35.1 Å². The van der Waals surface area contributed by atoms with E-state index < -0.39 is 0 Å². The Balaban J connectivity index is 2.15. The fraction of sp³-hybridized carbons (Fsp3) is 0.417. The summed E-state index contributed by atoms with van der Waals surface area (Å²) in [6.07, 6.45) is 0.397. The van der Waals surface area contributed by atoms with Gasteiger partial charge in [-0.1, -0.05) is 6.07 Å². The van der Waals surface area contributed by atoms with Crippen LogP contribution < -0.4 is 5.73 Å². The second kappa shape index (κ2) is 4.22. The van der Waals surface area contributed by atoms with Crippen LogP contribution in [0.15, 0.2) is 18.2 Å². The molecule has 1 atom stereocenters. The first-order chi connectivity index (χ1) is 7.56. The van der Waals surface area contributed by atoms with E-state index in [0.717, 1.165) is 11.1 Å². The smallest absolute Gasteiger partial charge is 0.224 e. The standard InChI is InChI=1S/C12H15FN2O/c1-8-2-3-10(13)4-9(8)6-15-7-11(14)5-12(15)16/h2-4,11H,5-7,14H2,1H3. The largest absolute Gasteiger partial charge is 0.337 e. The average Bonchev–Trinajstić information content (AvgIpc) is 2.51. The Kier molecular flexibility index (Phi) is 2.92. The minimum atomic E-state index is -0.267. The average molecular weight is 222 g/mol. The van der Waals surface area contributed by atoms with Crippen LogP contribution >= 0.6 is 0 Å². The van der Waals surface area contributed by atoms with E-state index >= 15 is 0 Å². The van der Waals surface area contributed by atoms with E-state index in [2.05, 4.69) is 0 Å². The van der Waals surface area contributed by atoms with Crippen molar-refractivity contribution in [2.75, 3.05) is 6.54 Å². The molecule has 4 heteroatoms. The number of nitrogens with zero attached hydrogens (tertiary/aromatic N) is 1. The maximum absolute atomic E-state index is 13.1. The fourth-order valence-corrected chi connectivity index (χ4v) is 1.97. The zero-order valence-electron chi connectivity index (χ0n) is 9.24. The number of hydrogen-bond donors (Lipinski definition) is 1. The van der Waals surface area contributed by atoms with Gasteiger partial charge in [0.05, 0.1) is 0 Å². The third kappa shape index (κ3) is 2.22. The first-order valence-corrected chi connectivity index (χ1v) is 5.34. The molecule has 1 aromatic rings. The number of nitrogens with two attached hydrogens (primary N) is 1. The van der Waals surface area contributed by atoms with Crippen molar-refractivity contribution in [2.24, 2.45) is 5.73 Å². The molecule has 1 saturated heterocycles. The number of amides is 1. The highest BCUT2D eigenvalue weighted by molar-refractivity contribution is 5.79. The molecule has 1 unspecified atom stereocenters. The first-order valence-electron chi connectivity index (χ1n) is 5.34. The van der Waals surface area contributed by atoms with Gasteiger partial charge in [-0.3, -0.25) is 4.79 Å². The van der Waals surface area contributed by atoms with Crippen LogP contribution in [0.2, 0.25) is 0 Å². The van der Waals surface area contributed by atoms with Crippen molar-refractivity contribution in [3.8, 4) is 0 Å². The van der Waals surface area contributed by atoms with Gasteiger partial charge in [0.2, 0.25) is 5.91 Å². The quantitative estimate of drug-likeness (QED) is 0.817. The van der Waals surface area contributed by atoms with Gasteiger partial charge in [0, 0.05) is 25.6 Å². The summed E-state index contributed by atoms with van der Waals surface area (Å²) in [7, 11) is 0. The van der Waals surface area contributed by atoms with Crippen LogP contribution in [0.4, 0.5) is 4.39 Å². The van der Waals surface area contributed by atoms with Crippen LogP contribution in [-0.2, 0) is 11.3 Å². The fourth-order valence-electron chi connectivity index (χ4n) is 1.97. The normalized spacial score (nSPS) is 20.6. The van der Waals surface area contributed by atoms with Crippen molar-refractivity contribution in [3.63, 3.8) is 0 Å². The van der Waals surface area contributed by atoms with E-state index in [-0.39, 0.29) is 17.8 Å². The Morgan fingerprint density at radius 1 is 1.56 bits per heavy atom. The van der Waals surface area contributed by atoms with Gasteiger partial charge in [0.25, 0.3) is 0 Å². The summed E-state index contributed by atoms with van der Waals surface area (Å²) < 4.78 is 13.1. The maximum atomic E-state index is 13.1. The molecule has 0 spiro atoms. The highest BCUT2D eigenvalue weighted by Crippen LogP contribution is 2.17. The molecule has 1 aliphatic heterocycles. The minimum absolute atomic E-state index is 0.0520. The molecule has 1 amide bonds. The van der Waals surface area contributed by atoms with Crippen LogP contribution in [-0.4, -0.2) is 23.4 Å². The molecule has 1 heterocycles. The Morgan fingerprint density at radius 3 is 2.94 bits per heavy atom. The summed E-state index contributed by atoms with van der Waals surface area (Å²) in [6, 6.07) is 4.55. The lowest BCUT2D eigenvalue weighted by Crippen LogP contribution is -2.28.